The van der Waals surface area contributed by atoms with Gasteiger partial charge < -0.3 is 23.9 Å². The number of halogens is 1. The van der Waals surface area contributed by atoms with Gasteiger partial charge in [0.05, 0.1) is 29.0 Å². The van der Waals surface area contributed by atoms with Crippen LogP contribution in [0.3, 0.4) is 0 Å². The van der Waals surface area contributed by atoms with Crippen LogP contribution in [0.2, 0.25) is 0 Å². The molecule has 32 heavy (non-hydrogen) atoms. The number of carbonyl (C=O) groups excluding carboxylic acids is 1. The normalized spacial score (nSPS) is 20.5. The zero-order valence-corrected chi connectivity index (χ0v) is 18.0. The van der Waals surface area contributed by atoms with Gasteiger partial charge in [0.2, 0.25) is 0 Å². The lowest BCUT2D eigenvalue weighted by Crippen LogP contribution is -2.44. The number of alkyl halides is 1. The summed E-state index contributed by atoms with van der Waals surface area (Å²) in [5.41, 5.74) is 1.96. The van der Waals surface area contributed by atoms with Crippen LogP contribution in [-0.2, 0) is 34.2 Å². The van der Waals surface area contributed by atoms with Gasteiger partial charge in [-0.25, -0.2) is 9.78 Å². The van der Waals surface area contributed by atoms with Crippen LogP contribution in [0.15, 0.2) is 23.0 Å². The van der Waals surface area contributed by atoms with E-state index >= 15 is 0 Å². The van der Waals surface area contributed by atoms with E-state index in [1.165, 1.54) is 0 Å². The van der Waals surface area contributed by atoms with Crippen molar-refractivity contribution in [2.45, 2.75) is 38.0 Å². The molecule has 0 unspecified atom stereocenters. The number of hydrogen-bond donors (Lipinski definition) is 1. The largest absolute Gasteiger partial charge is 0.486 e. The summed E-state index contributed by atoms with van der Waals surface area (Å²) in [7, 11) is 0. The maximum atomic E-state index is 13.3. The van der Waals surface area contributed by atoms with Crippen molar-refractivity contribution in [3.05, 3.63) is 50.8 Å². The lowest BCUT2D eigenvalue weighted by atomic mass is 9.86. The zero-order chi connectivity index (χ0) is 22.2. The van der Waals surface area contributed by atoms with Crippen LogP contribution in [0.25, 0.3) is 22.3 Å². The lowest BCUT2D eigenvalue weighted by molar-refractivity contribution is -0.172. The summed E-state index contributed by atoms with van der Waals surface area (Å²) in [6.45, 7) is 2.75. The molecule has 0 spiro atoms. The standard InChI is InChI=1S/C23H19ClN2O6/c1-2-23(29)15-6-17-20-13(9-26(17)21(27)14(15)10-32-22(23)28)12(8-24)11-5-18-19(7-16(11)25-20)31-4-3-30-18/h5-7,29H,2-4,8-10H2,1H3/t23-/m0/s1. The third-order valence-electron chi connectivity index (χ3n) is 6.60. The molecule has 3 aliphatic rings. The number of esters is 1. The van der Waals surface area contributed by atoms with Gasteiger partial charge in [-0.3, -0.25) is 4.79 Å². The van der Waals surface area contributed by atoms with Crippen molar-refractivity contribution < 1.29 is 24.1 Å². The number of hydrogen-bond acceptors (Lipinski definition) is 7. The van der Waals surface area contributed by atoms with Crippen molar-refractivity contribution in [1.29, 1.82) is 0 Å². The van der Waals surface area contributed by atoms with E-state index in [0.29, 0.717) is 53.7 Å². The van der Waals surface area contributed by atoms with Crippen LogP contribution in [0.4, 0.5) is 0 Å². The number of benzene rings is 1. The molecule has 5 heterocycles. The van der Waals surface area contributed by atoms with Crippen molar-refractivity contribution in [2.75, 3.05) is 13.2 Å². The molecule has 8 nitrogen and oxygen atoms in total. The van der Waals surface area contributed by atoms with E-state index in [2.05, 4.69) is 0 Å². The van der Waals surface area contributed by atoms with Gasteiger partial charge in [-0.05, 0) is 24.1 Å². The van der Waals surface area contributed by atoms with Gasteiger partial charge in [0.15, 0.2) is 17.1 Å². The predicted molar refractivity (Wildman–Crippen MR) is 115 cm³/mol. The molecule has 1 atom stereocenters. The average molecular weight is 455 g/mol. The number of ether oxygens (including phenoxy) is 3. The lowest BCUT2D eigenvalue weighted by Gasteiger charge is -2.31. The fraction of sp³-hybridized carbons (Fsp3) is 0.348. The summed E-state index contributed by atoms with van der Waals surface area (Å²) in [5, 5.41) is 11.9. The smallest absolute Gasteiger partial charge is 0.343 e. The van der Waals surface area contributed by atoms with Crippen molar-refractivity contribution in [3.8, 4) is 22.9 Å². The minimum atomic E-state index is -1.86. The Balaban J connectivity index is 1.64. The molecule has 0 saturated heterocycles. The molecule has 0 bridgehead atoms. The van der Waals surface area contributed by atoms with Crippen LogP contribution in [0.5, 0.6) is 11.5 Å². The zero-order valence-electron chi connectivity index (χ0n) is 17.2. The molecular weight excluding hydrogens is 436 g/mol. The van der Waals surface area contributed by atoms with E-state index in [0.717, 1.165) is 16.5 Å². The molecule has 0 amide bonds. The summed E-state index contributed by atoms with van der Waals surface area (Å²) < 4.78 is 18.2. The molecule has 164 valence electrons. The van der Waals surface area contributed by atoms with Crippen LogP contribution in [0.1, 0.15) is 35.6 Å². The fourth-order valence-electron chi connectivity index (χ4n) is 4.85. The molecule has 1 aromatic carbocycles. The number of aliphatic hydroxyl groups is 1. The van der Waals surface area contributed by atoms with Crippen LogP contribution < -0.4 is 15.0 Å². The maximum Gasteiger partial charge on any atom is 0.343 e. The van der Waals surface area contributed by atoms with Crippen LogP contribution >= 0.6 is 11.6 Å². The number of cyclic esters (lactones) is 1. The minimum Gasteiger partial charge on any atom is -0.486 e. The molecule has 1 N–H and O–H groups in total. The summed E-state index contributed by atoms with van der Waals surface area (Å²) in [6.07, 6.45) is 0.0934. The van der Waals surface area contributed by atoms with Gasteiger partial charge in [-0.1, -0.05) is 6.92 Å². The molecule has 3 aromatic rings. The van der Waals surface area contributed by atoms with E-state index < -0.39 is 11.6 Å². The monoisotopic (exact) mass is 454 g/mol. The van der Waals surface area contributed by atoms with Gasteiger partial charge in [0.1, 0.15) is 19.8 Å². The van der Waals surface area contributed by atoms with Gasteiger partial charge >= 0.3 is 5.97 Å². The highest BCUT2D eigenvalue weighted by atomic mass is 35.5. The second-order valence-electron chi connectivity index (χ2n) is 8.17. The Kier molecular flexibility index (Phi) is 4.10. The second-order valence-corrected chi connectivity index (χ2v) is 8.43. The third kappa shape index (κ3) is 2.45. The van der Waals surface area contributed by atoms with Gasteiger partial charge in [-0.2, -0.15) is 0 Å². The van der Waals surface area contributed by atoms with E-state index in [1.807, 2.05) is 12.1 Å². The maximum absolute atomic E-state index is 13.3. The molecule has 0 saturated carbocycles. The summed E-state index contributed by atoms with van der Waals surface area (Å²) in [5.74, 6) is 0.736. The summed E-state index contributed by atoms with van der Waals surface area (Å²) >= 11 is 6.38. The molecule has 0 radical (unpaired) electrons. The first kappa shape index (κ1) is 19.6. The quantitative estimate of drug-likeness (QED) is 0.367. The van der Waals surface area contributed by atoms with Crippen molar-refractivity contribution >= 4 is 28.5 Å². The van der Waals surface area contributed by atoms with E-state index in [-0.39, 0.29) is 30.0 Å². The van der Waals surface area contributed by atoms with E-state index in [9.17, 15) is 14.7 Å². The average Bonchev–Trinajstić information content (AvgIpc) is 3.17. The van der Waals surface area contributed by atoms with Crippen molar-refractivity contribution in [2.24, 2.45) is 0 Å². The Morgan fingerprint density at radius 3 is 2.59 bits per heavy atom. The van der Waals surface area contributed by atoms with Gasteiger partial charge in [0.25, 0.3) is 5.56 Å². The second kappa shape index (κ2) is 6.70. The van der Waals surface area contributed by atoms with Crippen molar-refractivity contribution in [3.63, 3.8) is 0 Å². The number of pyridine rings is 2. The first-order valence-corrected chi connectivity index (χ1v) is 11.0. The first-order valence-electron chi connectivity index (χ1n) is 10.4. The molecular formula is C23H19ClN2O6. The molecule has 3 aliphatic heterocycles. The van der Waals surface area contributed by atoms with Gasteiger partial charge in [-0.15, -0.1) is 11.6 Å². The number of carbonyl (C=O) groups is 1. The van der Waals surface area contributed by atoms with E-state index in [1.54, 1.807) is 17.6 Å². The highest BCUT2D eigenvalue weighted by Crippen LogP contribution is 2.43. The van der Waals surface area contributed by atoms with Crippen LogP contribution in [0, 0.1) is 0 Å². The highest BCUT2D eigenvalue weighted by molar-refractivity contribution is 6.18. The van der Waals surface area contributed by atoms with Crippen LogP contribution in [-0.4, -0.2) is 33.8 Å². The Hall–Kier alpha value is -3.10. The minimum absolute atomic E-state index is 0.0934. The predicted octanol–water partition coefficient (Wildman–Crippen LogP) is 2.59. The fourth-order valence-corrected chi connectivity index (χ4v) is 5.16. The molecule has 2 aromatic heterocycles. The number of rotatable bonds is 2. The molecule has 0 aliphatic carbocycles. The third-order valence-corrected chi connectivity index (χ3v) is 6.87. The Bertz CT molecular complexity index is 1400. The Morgan fingerprint density at radius 2 is 1.88 bits per heavy atom. The Labute approximate surface area is 187 Å². The Morgan fingerprint density at radius 1 is 1.12 bits per heavy atom. The number of aromatic nitrogens is 2. The van der Waals surface area contributed by atoms with E-state index in [4.69, 9.17) is 30.8 Å². The molecule has 6 rings (SSSR count). The SMILES string of the molecule is CC[C@@]1(O)C(=O)OCc2c1cc1n(c2=O)Cc2c-1nc1cc3c(cc1c2CCl)OCCO3. The first-order chi connectivity index (χ1) is 15.5. The highest BCUT2D eigenvalue weighted by Gasteiger charge is 2.45. The molecule has 0 fully saturated rings. The molecule has 9 heteroatoms. The van der Waals surface area contributed by atoms with Gasteiger partial charge in [0, 0.05) is 28.5 Å². The summed E-state index contributed by atoms with van der Waals surface area (Å²) in [6, 6.07) is 5.40. The van der Waals surface area contributed by atoms with Crippen molar-refractivity contribution in [1.82, 2.24) is 9.55 Å². The summed E-state index contributed by atoms with van der Waals surface area (Å²) in [4.78, 5) is 30.5. The number of fused-ring (bicyclic) bond motifs is 6. The number of nitrogens with zero attached hydrogens (tertiary/aromatic N) is 2. The topological polar surface area (TPSA) is 99.9 Å².